The van der Waals surface area contributed by atoms with E-state index in [4.69, 9.17) is 0 Å². The largest absolute Gasteiger partial charge is 0.392 e. The summed E-state index contributed by atoms with van der Waals surface area (Å²) in [5, 5.41) is 9.27. The van der Waals surface area contributed by atoms with Gasteiger partial charge in [0, 0.05) is 9.65 Å². The zero-order valence-electron chi connectivity index (χ0n) is 5.06. The van der Waals surface area contributed by atoms with E-state index in [2.05, 4.69) is 31.9 Å². The first kappa shape index (κ1) is 8.02. The SMILES string of the molecule is OC1CC(Br)CCC1Br. The Bertz CT molecular complexity index is 97.1. The molecule has 1 nitrogen and oxygen atoms in total. The number of hydrogen-bond acceptors (Lipinski definition) is 1. The van der Waals surface area contributed by atoms with Crippen molar-refractivity contribution >= 4 is 31.9 Å². The molecule has 3 atom stereocenters. The van der Waals surface area contributed by atoms with Crippen molar-refractivity contribution in [2.75, 3.05) is 0 Å². The molecular formula is C6H10Br2O. The molecule has 3 unspecified atom stereocenters. The summed E-state index contributed by atoms with van der Waals surface area (Å²) in [5.74, 6) is 0. The number of rotatable bonds is 0. The molecular weight excluding hydrogens is 248 g/mol. The Hall–Kier alpha value is 0.920. The lowest BCUT2D eigenvalue weighted by atomic mass is 9.98. The standard InChI is InChI=1S/C6H10Br2O/c7-4-1-2-5(8)6(9)3-4/h4-6,9H,1-3H2. The quantitative estimate of drug-likeness (QED) is 0.659. The highest BCUT2D eigenvalue weighted by Crippen LogP contribution is 2.28. The molecule has 0 aliphatic heterocycles. The molecule has 0 aromatic heterocycles. The predicted octanol–water partition coefficient (Wildman–Crippen LogP) is 2.06. The molecule has 0 bridgehead atoms. The Morgan fingerprint density at radius 3 is 2.33 bits per heavy atom. The van der Waals surface area contributed by atoms with Crippen LogP contribution in [0, 0.1) is 0 Å². The van der Waals surface area contributed by atoms with Crippen LogP contribution >= 0.6 is 31.9 Å². The molecule has 0 amide bonds. The molecule has 54 valence electrons. The van der Waals surface area contributed by atoms with Crippen molar-refractivity contribution in [1.29, 1.82) is 0 Å². The Labute approximate surface area is 72.1 Å². The summed E-state index contributed by atoms with van der Waals surface area (Å²) in [6.45, 7) is 0. The van der Waals surface area contributed by atoms with Crippen LogP contribution in [0.25, 0.3) is 0 Å². The third-order valence-electron chi connectivity index (χ3n) is 1.67. The smallest absolute Gasteiger partial charge is 0.0675 e. The fourth-order valence-corrected chi connectivity index (χ4v) is 2.19. The minimum Gasteiger partial charge on any atom is -0.392 e. The molecule has 0 radical (unpaired) electrons. The summed E-state index contributed by atoms with van der Waals surface area (Å²) in [6, 6.07) is 0. The number of halogens is 2. The van der Waals surface area contributed by atoms with Crippen molar-refractivity contribution < 1.29 is 5.11 Å². The maximum absolute atomic E-state index is 9.27. The van der Waals surface area contributed by atoms with Crippen LogP contribution < -0.4 is 0 Å². The number of alkyl halides is 2. The van der Waals surface area contributed by atoms with Crippen LogP contribution in [0.3, 0.4) is 0 Å². The fraction of sp³-hybridized carbons (Fsp3) is 1.00. The normalized spacial score (nSPS) is 45.0. The monoisotopic (exact) mass is 256 g/mol. The second kappa shape index (κ2) is 3.35. The lowest BCUT2D eigenvalue weighted by Gasteiger charge is -2.26. The van der Waals surface area contributed by atoms with Gasteiger partial charge in [-0.1, -0.05) is 31.9 Å². The van der Waals surface area contributed by atoms with E-state index in [1.54, 1.807) is 0 Å². The van der Waals surface area contributed by atoms with E-state index in [0.29, 0.717) is 9.65 Å². The fourth-order valence-electron chi connectivity index (χ4n) is 1.06. The highest BCUT2D eigenvalue weighted by molar-refractivity contribution is 9.10. The van der Waals surface area contributed by atoms with E-state index in [1.807, 2.05) is 0 Å². The zero-order chi connectivity index (χ0) is 6.85. The molecule has 0 heterocycles. The summed E-state index contributed by atoms with van der Waals surface area (Å²) in [7, 11) is 0. The van der Waals surface area contributed by atoms with E-state index in [9.17, 15) is 5.11 Å². The molecule has 0 spiro atoms. The number of aliphatic hydroxyl groups excluding tert-OH is 1. The molecule has 3 heteroatoms. The van der Waals surface area contributed by atoms with Gasteiger partial charge in [-0.05, 0) is 19.3 Å². The summed E-state index contributed by atoms with van der Waals surface area (Å²) < 4.78 is 0. The van der Waals surface area contributed by atoms with Gasteiger partial charge < -0.3 is 5.11 Å². The highest BCUT2D eigenvalue weighted by Gasteiger charge is 2.25. The van der Waals surface area contributed by atoms with Crippen LogP contribution in [0.4, 0.5) is 0 Å². The van der Waals surface area contributed by atoms with Crippen molar-refractivity contribution in [2.24, 2.45) is 0 Å². The van der Waals surface area contributed by atoms with Gasteiger partial charge in [0.2, 0.25) is 0 Å². The minimum atomic E-state index is -0.150. The van der Waals surface area contributed by atoms with Crippen molar-refractivity contribution in [2.45, 2.75) is 35.0 Å². The number of aliphatic hydroxyl groups is 1. The maximum Gasteiger partial charge on any atom is 0.0675 e. The van der Waals surface area contributed by atoms with Gasteiger partial charge in [-0.25, -0.2) is 0 Å². The predicted molar refractivity (Wildman–Crippen MR) is 45.3 cm³/mol. The van der Waals surface area contributed by atoms with Crippen molar-refractivity contribution in [3.8, 4) is 0 Å². The molecule has 0 aromatic carbocycles. The first-order chi connectivity index (χ1) is 4.20. The molecule has 9 heavy (non-hydrogen) atoms. The van der Waals surface area contributed by atoms with Crippen LogP contribution in [0.15, 0.2) is 0 Å². The highest BCUT2D eigenvalue weighted by atomic mass is 79.9. The Balaban J connectivity index is 2.35. The van der Waals surface area contributed by atoms with Crippen LogP contribution in [-0.2, 0) is 0 Å². The summed E-state index contributed by atoms with van der Waals surface area (Å²) in [5.41, 5.74) is 0. The Morgan fingerprint density at radius 1 is 1.22 bits per heavy atom. The van der Waals surface area contributed by atoms with Crippen LogP contribution in [0.1, 0.15) is 19.3 Å². The van der Waals surface area contributed by atoms with Gasteiger partial charge in [-0.2, -0.15) is 0 Å². The van der Waals surface area contributed by atoms with Crippen LogP contribution in [0.5, 0.6) is 0 Å². The summed E-state index contributed by atoms with van der Waals surface area (Å²) >= 11 is 6.89. The first-order valence-electron chi connectivity index (χ1n) is 3.16. The maximum atomic E-state index is 9.27. The third kappa shape index (κ3) is 2.20. The van der Waals surface area contributed by atoms with Gasteiger partial charge in [-0.15, -0.1) is 0 Å². The van der Waals surface area contributed by atoms with Gasteiger partial charge in [0.15, 0.2) is 0 Å². The molecule has 1 N–H and O–H groups in total. The Morgan fingerprint density at radius 2 is 1.89 bits per heavy atom. The molecule has 1 rings (SSSR count). The minimum absolute atomic E-state index is 0.150. The number of hydrogen-bond donors (Lipinski definition) is 1. The molecule has 0 saturated heterocycles. The summed E-state index contributed by atoms with van der Waals surface area (Å²) in [4.78, 5) is 0.854. The first-order valence-corrected chi connectivity index (χ1v) is 4.99. The molecule has 1 saturated carbocycles. The van der Waals surface area contributed by atoms with Crippen molar-refractivity contribution in [3.63, 3.8) is 0 Å². The second-order valence-electron chi connectivity index (χ2n) is 2.49. The topological polar surface area (TPSA) is 20.2 Å². The average Bonchev–Trinajstić information content (AvgIpc) is 1.80. The second-order valence-corrected chi connectivity index (χ2v) is 4.96. The molecule has 1 aliphatic rings. The van der Waals surface area contributed by atoms with Crippen molar-refractivity contribution in [3.05, 3.63) is 0 Å². The average molecular weight is 258 g/mol. The van der Waals surface area contributed by atoms with E-state index in [0.717, 1.165) is 12.8 Å². The zero-order valence-corrected chi connectivity index (χ0v) is 8.23. The van der Waals surface area contributed by atoms with E-state index >= 15 is 0 Å². The van der Waals surface area contributed by atoms with E-state index in [-0.39, 0.29) is 6.10 Å². The van der Waals surface area contributed by atoms with E-state index in [1.165, 1.54) is 6.42 Å². The van der Waals surface area contributed by atoms with Crippen LogP contribution in [-0.4, -0.2) is 20.9 Å². The Kier molecular flexibility index (Phi) is 2.99. The lowest BCUT2D eigenvalue weighted by molar-refractivity contribution is 0.143. The van der Waals surface area contributed by atoms with Crippen LogP contribution in [0.2, 0.25) is 0 Å². The van der Waals surface area contributed by atoms with Gasteiger partial charge in [-0.3, -0.25) is 0 Å². The molecule has 0 aromatic rings. The van der Waals surface area contributed by atoms with Gasteiger partial charge in [0.1, 0.15) is 0 Å². The molecule has 1 aliphatic carbocycles. The molecule has 1 fully saturated rings. The third-order valence-corrected chi connectivity index (χ3v) is 3.57. The summed E-state index contributed by atoms with van der Waals surface area (Å²) in [6.07, 6.45) is 2.99. The lowest BCUT2D eigenvalue weighted by Crippen LogP contribution is -2.29. The van der Waals surface area contributed by atoms with Gasteiger partial charge in [0.25, 0.3) is 0 Å². The van der Waals surface area contributed by atoms with Gasteiger partial charge in [0.05, 0.1) is 6.10 Å². The van der Waals surface area contributed by atoms with Crippen molar-refractivity contribution in [1.82, 2.24) is 0 Å². The van der Waals surface area contributed by atoms with E-state index < -0.39 is 0 Å². The van der Waals surface area contributed by atoms with Gasteiger partial charge >= 0.3 is 0 Å².